The summed E-state index contributed by atoms with van der Waals surface area (Å²) in [4.78, 5) is 13.7. The summed E-state index contributed by atoms with van der Waals surface area (Å²) in [5.41, 5.74) is -1.45. The molecule has 3 saturated heterocycles. The lowest BCUT2D eigenvalue weighted by Crippen LogP contribution is -2.63. The molecule has 4 heterocycles. The summed E-state index contributed by atoms with van der Waals surface area (Å²) in [5, 5.41) is 124. The van der Waals surface area contributed by atoms with Crippen molar-refractivity contribution in [2.45, 2.75) is 92.9 Å². The van der Waals surface area contributed by atoms with Crippen LogP contribution in [-0.2, 0) is 23.7 Å². The molecule has 6 rings (SSSR count). The molecule has 20 heteroatoms. The number of fused-ring (bicyclic) bond motifs is 1. The smallest absolute Gasteiger partial charge is 0.239 e. The average molecular weight is 743 g/mol. The molecule has 3 aromatic rings. The van der Waals surface area contributed by atoms with Crippen LogP contribution in [0.3, 0.4) is 0 Å². The Labute approximate surface area is 292 Å². The van der Waals surface area contributed by atoms with Crippen LogP contribution >= 0.6 is 0 Å². The van der Waals surface area contributed by atoms with Gasteiger partial charge in [-0.2, -0.15) is 0 Å². The fourth-order valence-corrected chi connectivity index (χ4v) is 6.04. The minimum atomic E-state index is -2.03. The molecule has 0 saturated carbocycles. The van der Waals surface area contributed by atoms with E-state index in [0.717, 1.165) is 24.3 Å². The first-order valence-electron chi connectivity index (χ1n) is 15.9. The Morgan fingerprint density at radius 3 is 2.15 bits per heavy atom. The summed E-state index contributed by atoms with van der Waals surface area (Å²) < 4.78 is 39.1. The van der Waals surface area contributed by atoms with Crippen molar-refractivity contribution in [2.24, 2.45) is 0 Å². The minimum absolute atomic E-state index is 0.0637. The van der Waals surface area contributed by atoms with Gasteiger partial charge in [0.05, 0.1) is 19.3 Å². The molecular weight excluding hydrogens is 704 g/mol. The number of hydrogen-bond donors (Lipinski definition) is 12. The molecule has 3 aliphatic heterocycles. The third-order valence-corrected chi connectivity index (χ3v) is 9.01. The van der Waals surface area contributed by atoms with E-state index in [4.69, 9.17) is 32.8 Å². The predicted molar refractivity (Wildman–Crippen MR) is 167 cm³/mol. The van der Waals surface area contributed by atoms with E-state index < -0.39 is 145 Å². The van der Waals surface area contributed by atoms with Gasteiger partial charge in [0, 0.05) is 17.7 Å². The molecule has 0 radical (unpaired) electrons. The van der Waals surface area contributed by atoms with Crippen LogP contribution in [0.5, 0.6) is 28.7 Å². The Balaban J connectivity index is 1.24. The lowest BCUT2D eigenvalue weighted by Gasteiger charge is -2.45. The highest BCUT2D eigenvalue weighted by Crippen LogP contribution is 2.39. The second kappa shape index (κ2) is 14.9. The highest BCUT2D eigenvalue weighted by molar-refractivity contribution is 5.88. The van der Waals surface area contributed by atoms with Gasteiger partial charge >= 0.3 is 0 Å². The van der Waals surface area contributed by atoms with Gasteiger partial charge in [-0.25, -0.2) is 0 Å². The summed E-state index contributed by atoms with van der Waals surface area (Å²) in [6, 6.07) is 5.15. The number of ether oxygens (including phenoxy) is 6. The van der Waals surface area contributed by atoms with Crippen molar-refractivity contribution in [3.05, 3.63) is 40.6 Å². The number of phenols is 4. The largest absolute Gasteiger partial charge is 0.508 e. The molecule has 1 aromatic heterocycles. The Hall–Kier alpha value is -3.87. The summed E-state index contributed by atoms with van der Waals surface area (Å²) in [6.45, 7) is 0.281. The molecule has 0 spiro atoms. The zero-order valence-corrected chi connectivity index (χ0v) is 27.0. The predicted octanol–water partition coefficient (Wildman–Crippen LogP) is -3.22. The van der Waals surface area contributed by atoms with Crippen molar-refractivity contribution in [2.75, 3.05) is 13.2 Å². The fraction of sp³-hybridized carbons (Fsp3) is 0.531. The van der Waals surface area contributed by atoms with Gasteiger partial charge in [-0.1, -0.05) is 0 Å². The van der Waals surface area contributed by atoms with E-state index in [0.29, 0.717) is 0 Å². The Morgan fingerprint density at radius 2 is 1.44 bits per heavy atom. The van der Waals surface area contributed by atoms with Crippen LogP contribution in [0, 0.1) is 0 Å². The van der Waals surface area contributed by atoms with Gasteiger partial charge in [-0.3, -0.25) is 4.79 Å². The summed E-state index contributed by atoms with van der Waals surface area (Å²) in [5.74, 6) is -3.51. The maximum atomic E-state index is 13.7. The monoisotopic (exact) mass is 742 g/mol. The van der Waals surface area contributed by atoms with Crippen molar-refractivity contribution in [1.82, 2.24) is 0 Å². The Kier molecular flexibility index (Phi) is 10.8. The highest BCUT2D eigenvalue weighted by Gasteiger charge is 2.50. The number of aliphatic hydroxyl groups is 8. The second-order valence-corrected chi connectivity index (χ2v) is 12.6. The van der Waals surface area contributed by atoms with Crippen LogP contribution in [0.1, 0.15) is 6.92 Å². The minimum Gasteiger partial charge on any atom is -0.508 e. The molecular formula is C32H38O20. The van der Waals surface area contributed by atoms with Gasteiger partial charge < -0.3 is 94.1 Å². The molecule has 52 heavy (non-hydrogen) atoms. The molecule has 20 nitrogen and oxygen atoms in total. The fourth-order valence-electron chi connectivity index (χ4n) is 6.04. The van der Waals surface area contributed by atoms with Crippen LogP contribution in [0.4, 0.5) is 0 Å². The van der Waals surface area contributed by atoms with Crippen LogP contribution in [0.25, 0.3) is 22.3 Å². The summed E-state index contributed by atoms with van der Waals surface area (Å²) >= 11 is 0. The first kappa shape index (κ1) is 37.9. The number of phenolic OH excluding ortho intramolecular Hbond substituents is 4. The molecule has 2 aromatic carbocycles. The lowest BCUT2D eigenvalue weighted by molar-refractivity contribution is -0.351. The van der Waals surface area contributed by atoms with Crippen LogP contribution in [0.2, 0.25) is 0 Å². The van der Waals surface area contributed by atoms with Gasteiger partial charge in [0.2, 0.25) is 17.5 Å². The third-order valence-electron chi connectivity index (χ3n) is 9.01. The molecule has 0 unspecified atom stereocenters. The van der Waals surface area contributed by atoms with Crippen molar-refractivity contribution in [1.29, 1.82) is 0 Å². The molecule has 286 valence electrons. The number of aliphatic hydroxyl groups excluding tert-OH is 8. The van der Waals surface area contributed by atoms with Gasteiger partial charge in [-0.15, -0.1) is 0 Å². The number of aromatic hydroxyl groups is 4. The molecule has 0 amide bonds. The van der Waals surface area contributed by atoms with E-state index in [9.17, 15) is 66.1 Å². The normalized spacial score (nSPS) is 36.9. The standard InChI is InChI=1S/C32H38O20/c1-9-19(38)28(51-30-24(43)20(39)15(37)7-46-30)26(45)31(48-9)47-8-17-21(40)23(42)25(44)32(50-17)52-29-22(41)18-14(36)5-11(33)6-16(18)49-27(29)10-2-3-12(34)13(35)4-10/h2-6,9,15,17,19-21,23-26,28,30-40,42-45H,7-8H2,1H3/t9-,15+,17+,19-,20-,21-,23-,24+,25+,26+,28+,30-,31+,32-/m0/s1. The van der Waals surface area contributed by atoms with E-state index in [1.54, 1.807) is 0 Å². The topological polar surface area (TPSA) is 328 Å². The van der Waals surface area contributed by atoms with Crippen molar-refractivity contribution in [3.63, 3.8) is 0 Å². The van der Waals surface area contributed by atoms with Crippen LogP contribution < -0.4 is 10.2 Å². The molecule has 0 bridgehead atoms. The van der Waals surface area contributed by atoms with E-state index in [-0.39, 0.29) is 11.1 Å². The molecule has 3 fully saturated rings. The van der Waals surface area contributed by atoms with E-state index >= 15 is 0 Å². The first-order chi connectivity index (χ1) is 24.6. The molecule has 0 aliphatic carbocycles. The van der Waals surface area contributed by atoms with Gasteiger partial charge in [-0.05, 0) is 25.1 Å². The van der Waals surface area contributed by atoms with Crippen molar-refractivity contribution < 1.29 is 94.1 Å². The van der Waals surface area contributed by atoms with Gasteiger partial charge in [0.1, 0.15) is 83.5 Å². The second-order valence-electron chi connectivity index (χ2n) is 12.6. The first-order valence-corrected chi connectivity index (χ1v) is 15.9. The van der Waals surface area contributed by atoms with E-state index in [1.165, 1.54) is 13.0 Å². The molecule has 14 atom stereocenters. The van der Waals surface area contributed by atoms with E-state index in [1.807, 2.05) is 0 Å². The van der Waals surface area contributed by atoms with Crippen molar-refractivity contribution in [3.8, 4) is 40.1 Å². The summed E-state index contributed by atoms with van der Waals surface area (Å²) in [6.07, 6.45) is -23.3. The van der Waals surface area contributed by atoms with Gasteiger partial charge in [0.25, 0.3) is 0 Å². The summed E-state index contributed by atoms with van der Waals surface area (Å²) in [7, 11) is 0. The van der Waals surface area contributed by atoms with Crippen LogP contribution in [0.15, 0.2) is 39.5 Å². The molecule has 3 aliphatic rings. The third kappa shape index (κ3) is 7.09. The SMILES string of the molecule is C[C@@H]1O[C@@H](OC[C@H]2O[C@@H](Oc3c(-c4ccc(O)c(O)c4)oc4cc(O)cc(O)c4c3=O)[C@H](O)[C@@H](O)[C@H]2O)[C@H](O)[C@H](O[C@@H]2OC[C@@H](O)[C@H](O)[C@H]2O)[C@H]1O. The Morgan fingerprint density at radius 1 is 0.731 bits per heavy atom. The quantitative estimate of drug-likeness (QED) is 0.101. The average Bonchev–Trinajstić information content (AvgIpc) is 3.10. The highest BCUT2D eigenvalue weighted by atomic mass is 16.7. The maximum Gasteiger partial charge on any atom is 0.239 e. The van der Waals surface area contributed by atoms with Gasteiger partial charge in [0.15, 0.2) is 29.8 Å². The zero-order valence-electron chi connectivity index (χ0n) is 27.0. The zero-order chi connectivity index (χ0) is 37.8. The molecule has 12 N–H and O–H groups in total. The maximum absolute atomic E-state index is 13.7. The van der Waals surface area contributed by atoms with Crippen LogP contribution in [-0.4, -0.2) is 161 Å². The lowest BCUT2D eigenvalue weighted by atomic mass is 9.98. The van der Waals surface area contributed by atoms with E-state index in [2.05, 4.69) is 0 Å². The number of benzene rings is 2. The number of hydrogen-bond acceptors (Lipinski definition) is 20. The Bertz CT molecular complexity index is 1800. The number of rotatable bonds is 8. The van der Waals surface area contributed by atoms with Crippen molar-refractivity contribution >= 4 is 11.0 Å².